The van der Waals surface area contributed by atoms with E-state index in [1.165, 1.54) is 5.56 Å². The van der Waals surface area contributed by atoms with Crippen molar-refractivity contribution in [1.29, 1.82) is 0 Å². The number of fused-ring (bicyclic) bond motifs is 1. The first-order chi connectivity index (χ1) is 33.4. The van der Waals surface area contributed by atoms with E-state index in [9.17, 15) is 62.6 Å². The van der Waals surface area contributed by atoms with Crippen molar-refractivity contribution >= 4 is 44.9 Å². The molecule has 7 aromatic carbocycles. The van der Waals surface area contributed by atoms with Crippen LogP contribution in [0, 0.1) is 116 Å². The van der Waals surface area contributed by atoms with Crippen LogP contribution in [0.1, 0.15) is 15.9 Å². The van der Waals surface area contributed by atoms with Crippen molar-refractivity contribution in [2.45, 2.75) is 6.54 Å². The first kappa shape index (κ1) is 50.9. The summed E-state index contributed by atoms with van der Waals surface area (Å²) in [4.78, 5) is 11.4. The van der Waals surface area contributed by atoms with Crippen LogP contribution in [0.15, 0.2) is 91.0 Å². The number of aromatic nitrogens is 1. The van der Waals surface area contributed by atoms with E-state index in [1.807, 2.05) is 36.4 Å². The van der Waals surface area contributed by atoms with Gasteiger partial charge in [0.15, 0.2) is 76.4 Å². The maximum absolute atomic E-state index is 15.4. The van der Waals surface area contributed by atoms with Gasteiger partial charge in [-0.25, -0.2) is 92.6 Å². The Balaban J connectivity index is 0.000000240. The summed E-state index contributed by atoms with van der Waals surface area (Å²) in [6, 6.07) is 29.8. The number of hydrogen-bond donors (Lipinski definition) is 1. The van der Waals surface area contributed by atoms with Crippen LogP contribution in [0.4, 0.5) is 87.8 Å². The van der Waals surface area contributed by atoms with E-state index in [4.69, 9.17) is 0 Å². The zero-order chi connectivity index (χ0) is 52.3. The Bertz CT molecular complexity index is 3120. The molecule has 71 heavy (non-hydrogen) atoms. The van der Waals surface area contributed by atoms with E-state index >= 15 is 35.1 Å². The normalized spacial score (nSPS) is 11.5. The van der Waals surface area contributed by atoms with E-state index in [-0.39, 0.29) is 0 Å². The minimum atomic E-state index is -7.22. The molecule has 0 saturated carbocycles. The SMILES string of the molecule is Fc1c(F)c(F)c([B-](c2c(F)c(F)c(F)c(F)c2F)(c2c(F)c(F)c(F)c(F)c2F)c2c(F)c(F)c(F)c(F)c2F)c(F)c1F.O=C(O)c1cccc(-c2ccc3ccccc3[n+]2Cc2ccccc2)c1. The summed E-state index contributed by atoms with van der Waals surface area (Å²) in [5.41, 5.74) is -9.83. The highest BCUT2D eigenvalue weighted by Crippen LogP contribution is 2.31. The van der Waals surface area contributed by atoms with Gasteiger partial charge < -0.3 is 5.11 Å². The van der Waals surface area contributed by atoms with Crippen molar-refractivity contribution in [2.24, 2.45) is 0 Å². The summed E-state index contributed by atoms with van der Waals surface area (Å²) in [6.07, 6.45) is -7.22. The van der Waals surface area contributed by atoms with Crippen molar-refractivity contribution in [3.8, 4) is 11.3 Å². The monoisotopic (exact) mass is 1020 g/mol. The van der Waals surface area contributed by atoms with E-state index in [0.29, 0.717) is 5.56 Å². The fraction of sp³-hybridized carbons (Fsp3) is 0.0213. The van der Waals surface area contributed by atoms with Gasteiger partial charge in [-0.2, -0.15) is 4.57 Å². The second-order valence-corrected chi connectivity index (χ2v) is 15.0. The highest BCUT2D eigenvalue weighted by atomic mass is 19.2. The summed E-state index contributed by atoms with van der Waals surface area (Å²) in [5.74, 6) is -72.3. The number of benzene rings is 7. The van der Waals surface area contributed by atoms with Gasteiger partial charge in [-0.1, -0.05) is 48.5 Å². The third kappa shape index (κ3) is 8.13. The Morgan fingerprint density at radius 1 is 0.380 bits per heavy atom. The number of hydrogen-bond acceptors (Lipinski definition) is 1. The minimum Gasteiger partial charge on any atom is -0.478 e. The Morgan fingerprint density at radius 3 is 1.08 bits per heavy atom. The molecule has 0 fully saturated rings. The summed E-state index contributed by atoms with van der Waals surface area (Å²) < 4.78 is 296. The minimum absolute atomic E-state index is 0.293. The number of nitrogens with zero attached hydrogens (tertiary/aromatic N) is 1. The zero-order valence-corrected chi connectivity index (χ0v) is 34.3. The molecule has 0 bridgehead atoms. The Morgan fingerprint density at radius 2 is 0.718 bits per heavy atom. The average molecular weight is 1020 g/mol. The van der Waals surface area contributed by atoms with Crippen molar-refractivity contribution in [3.63, 3.8) is 0 Å². The van der Waals surface area contributed by atoms with Gasteiger partial charge >= 0.3 is 5.97 Å². The predicted octanol–water partition coefficient (Wildman–Crippen LogP) is 10.4. The van der Waals surface area contributed by atoms with Crippen LogP contribution in [0.5, 0.6) is 0 Å². The first-order valence-corrected chi connectivity index (χ1v) is 19.4. The van der Waals surface area contributed by atoms with Crippen molar-refractivity contribution in [3.05, 3.63) is 218 Å². The van der Waals surface area contributed by atoms with Gasteiger partial charge in [0.1, 0.15) is 52.7 Å². The highest BCUT2D eigenvalue weighted by molar-refractivity contribution is 7.20. The summed E-state index contributed by atoms with van der Waals surface area (Å²) in [6.45, 7) is 0.717. The smallest absolute Gasteiger partial charge is 0.335 e. The molecule has 0 spiro atoms. The van der Waals surface area contributed by atoms with Crippen molar-refractivity contribution < 1.29 is 102 Å². The van der Waals surface area contributed by atoms with Crippen LogP contribution in [-0.2, 0) is 6.54 Å². The second kappa shape index (κ2) is 19.1. The molecule has 1 heterocycles. The summed E-state index contributed by atoms with van der Waals surface area (Å²) in [5, 5.41) is 10.5. The van der Waals surface area contributed by atoms with Gasteiger partial charge in [0.2, 0.25) is 11.2 Å². The Labute approximate surface area is 383 Å². The molecule has 0 aliphatic heterocycles. The molecule has 8 rings (SSSR count). The van der Waals surface area contributed by atoms with E-state index in [2.05, 4.69) is 41.0 Å². The Kier molecular flexibility index (Phi) is 13.7. The quantitative estimate of drug-likeness (QED) is 0.0542. The first-order valence-electron chi connectivity index (χ1n) is 19.4. The standard InChI is InChI=1S/C24BF20.C23H17NO2/c26-5-1(6(27)14(35)21(42)13(5)34)25(2-7(28)15(36)22(43)16(37)8(2)29,3-9(30)17(38)23(44)18(39)10(3)31)4-11(32)19(40)24(45)20(41)12(4)33;25-23(26)20-11-6-10-19(15-20)22-14-13-18-9-4-5-12-21(18)24(22)16-17-7-2-1-3-8-17/h;1-15H,16H2/q-1;/p+1. The molecule has 0 amide bonds. The number of carboxylic acids is 1. The molecule has 366 valence electrons. The zero-order valence-electron chi connectivity index (χ0n) is 34.3. The van der Waals surface area contributed by atoms with E-state index in [0.717, 1.165) is 28.7 Å². The molecule has 0 unspecified atom stereocenters. The number of pyridine rings is 1. The van der Waals surface area contributed by atoms with Crippen LogP contribution in [-0.4, -0.2) is 17.2 Å². The topological polar surface area (TPSA) is 41.2 Å². The van der Waals surface area contributed by atoms with Gasteiger partial charge in [0, 0.05) is 28.6 Å². The predicted molar refractivity (Wildman–Crippen MR) is 211 cm³/mol. The van der Waals surface area contributed by atoms with Crippen molar-refractivity contribution in [1.82, 2.24) is 0 Å². The largest absolute Gasteiger partial charge is 0.478 e. The fourth-order valence-corrected chi connectivity index (χ4v) is 8.14. The van der Waals surface area contributed by atoms with Gasteiger partial charge in [-0.3, -0.25) is 0 Å². The van der Waals surface area contributed by atoms with Crippen LogP contribution >= 0.6 is 0 Å². The molecule has 1 aromatic heterocycles. The number of aromatic carboxylic acids is 1. The third-order valence-corrected chi connectivity index (χ3v) is 11.2. The van der Waals surface area contributed by atoms with Crippen LogP contribution in [0.2, 0.25) is 0 Å². The maximum Gasteiger partial charge on any atom is 0.335 e. The number of carbonyl (C=O) groups is 1. The van der Waals surface area contributed by atoms with Crippen LogP contribution in [0.25, 0.3) is 22.2 Å². The van der Waals surface area contributed by atoms with Crippen LogP contribution in [0.3, 0.4) is 0 Å². The van der Waals surface area contributed by atoms with Gasteiger partial charge in [0.05, 0.1) is 5.56 Å². The lowest BCUT2D eigenvalue weighted by molar-refractivity contribution is -0.651. The molecule has 8 aromatic rings. The molecule has 0 aliphatic carbocycles. The van der Waals surface area contributed by atoms with Crippen LogP contribution < -0.4 is 26.4 Å². The fourth-order valence-electron chi connectivity index (χ4n) is 8.14. The van der Waals surface area contributed by atoms with Gasteiger partial charge in [-0.15, -0.1) is 21.9 Å². The molecule has 24 heteroatoms. The average Bonchev–Trinajstić information content (AvgIpc) is 3.36. The molecule has 0 radical (unpaired) electrons. The molecule has 1 N–H and O–H groups in total. The maximum atomic E-state index is 15.4. The molecule has 3 nitrogen and oxygen atoms in total. The molecule has 0 atom stereocenters. The van der Waals surface area contributed by atoms with Crippen molar-refractivity contribution in [2.75, 3.05) is 0 Å². The van der Waals surface area contributed by atoms with Gasteiger partial charge in [0.25, 0.3) is 0 Å². The third-order valence-electron chi connectivity index (χ3n) is 11.2. The van der Waals surface area contributed by atoms with Gasteiger partial charge in [-0.05, 0) is 30.3 Å². The molecule has 0 saturated heterocycles. The number of halogens is 20. The molecular weight excluding hydrogens is 1000 g/mol. The number of carboxylic acid groups (broad SMARTS) is 1. The lowest BCUT2D eigenvalue weighted by atomic mass is 9.12. The molecular formula is C47H18BF20NO2. The summed E-state index contributed by atoms with van der Waals surface area (Å²) in [7, 11) is 0. The number of para-hydroxylation sites is 1. The lowest BCUT2D eigenvalue weighted by Crippen LogP contribution is -2.81. The highest BCUT2D eigenvalue weighted by Gasteiger charge is 2.52. The molecule has 0 aliphatic rings. The number of rotatable bonds is 8. The lowest BCUT2D eigenvalue weighted by Gasteiger charge is -2.44. The Hall–Kier alpha value is -7.92. The van der Waals surface area contributed by atoms with E-state index in [1.54, 1.807) is 18.2 Å². The summed E-state index contributed by atoms with van der Waals surface area (Å²) >= 11 is 0. The van der Waals surface area contributed by atoms with E-state index < -0.39 is 150 Å². The second-order valence-electron chi connectivity index (χ2n) is 15.0.